The third kappa shape index (κ3) is 6.80. The van der Waals surface area contributed by atoms with Gasteiger partial charge in [-0.15, -0.1) is 0 Å². The Kier molecular flexibility index (Phi) is 7.26. The molecule has 1 unspecified atom stereocenters. The predicted octanol–water partition coefficient (Wildman–Crippen LogP) is 0.877. The second-order valence-corrected chi connectivity index (χ2v) is 9.75. The van der Waals surface area contributed by atoms with Gasteiger partial charge in [0.1, 0.15) is 0 Å². The summed E-state index contributed by atoms with van der Waals surface area (Å²) in [5, 5.41) is 2.94. The molecule has 2 N–H and O–H groups in total. The summed E-state index contributed by atoms with van der Waals surface area (Å²) < 4.78 is 25.5. The molecular weight excluding hydrogens is 392 g/mol. The van der Waals surface area contributed by atoms with Crippen molar-refractivity contribution in [2.24, 2.45) is 5.92 Å². The number of carbonyl (C=O) groups is 2. The van der Waals surface area contributed by atoms with Crippen LogP contribution in [0.4, 0.5) is 5.69 Å². The molecule has 0 aliphatic carbocycles. The van der Waals surface area contributed by atoms with Crippen molar-refractivity contribution in [1.82, 2.24) is 14.5 Å². The van der Waals surface area contributed by atoms with Gasteiger partial charge in [0.15, 0.2) is 0 Å². The van der Waals surface area contributed by atoms with Crippen LogP contribution >= 0.6 is 0 Å². The number of hydrogen-bond acceptors (Lipinski definition) is 5. The minimum atomic E-state index is -3.24. The molecule has 2 saturated heterocycles. The first-order chi connectivity index (χ1) is 13.8. The normalized spacial score (nSPS) is 21.7. The molecule has 0 aromatic heterocycles. The predicted molar refractivity (Wildman–Crippen MR) is 112 cm³/mol. The highest BCUT2D eigenvalue weighted by Gasteiger charge is 2.29. The van der Waals surface area contributed by atoms with Crippen molar-refractivity contribution in [3.8, 4) is 0 Å². The number of piperidine rings is 2. The van der Waals surface area contributed by atoms with Crippen LogP contribution in [0.15, 0.2) is 30.3 Å². The zero-order valence-corrected chi connectivity index (χ0v) is 17.7. The number of anilines is 1. The van der Waals surface area contributed by atoms with Crippen LogP contribution in [0.3, 0.4) is 0 Å². The maximum Gasteiger partial charge on any atom is 0.236 e. The molecule has 1 atom stereocenters. The number of benzene rings is 1. The van der Waals surface area contributed by atoms with Gasteiger partial charge in [-0.05, 0) is 44.4 Å². The molecule has 1 aromatic rings. The van der Waals surface area contributed by atoms with E-state index in [0.29, 0.717) is 39.0 Å². The molecule has 2 aliphatic heterocycles. The topological polar surface area (TPSA) is 98.8 Å². The van der Waals surface area contributed by atoms with Gasteiger partial charge < -0.3 is 10.2 Å². The van der Waals surface area contributed by atoms with Crippen LogP contribution in [0.2, 0.25) is 0 Å². The smallest absolute Gasteiger partial charge is 0.236 e. The number of sulfonamides is 1. The lowest BCUT2D eigenvalue weighted by Gasteiger charge is -2.36. The fourth-order valence-corrected chi connectivity index (χ4v) is 4.84. The van der Waals surface area contributed by atoms with Crippen molar-refractivity contribution in [3.05, 3.63) is 30.3 Å². The number of para-hydroxylation sites is 1. The molecule has 2 aliphatic rings. The Bertz CT molecular complexity index is 807. The zero-order valence-electron chi connectivity index (χ0n) is 16.8. The first-order valence-electron chi connectivity index (χ1n) is 10.1. The van der Waals surface area contributed by atoms with Gasteiger partial charge in [0, 0.05) is 37.3 Å². The van der Waals surface area contributed by atoms with E-state index in [1.807, 2.05) is 40.1 Å². The minimum Gasteiger partial charge on any atom is -0.342 e. The van der Waals surface area contributed by atoms with E-state index in [-0.39, 0.29) is 23.8 Å². The average Bonchev–Trinajstić information content (AvgIpc) is 2.68. The number of likely N-dealkylation sites (tertiary alicyclic amines) is 2. The van der Waals surface area contributed by atoms with E-state index in [2.05, 4.69) is 10.0 Å². The van der Waals surface area contributed by atoms with Crippen molar-refractivity contribution in [3.63, 3.8) is 0 Å². The van der Waals surface area contributed by atoms with Crippen molar-refractivity contribution in [2.45, 2.75) is 31.7 Å². The maximum absolute atomic E-state index is 12.7. The van der Waals surface area contributed by atoms with Crippen LogP contribution in [0.25, 0.3) is 0 Å². The number of hydrogen-bond donors (Lipinski definition) is 2. The molecule has 29 heavy (non-hydrogen) atoms. The Labute approximate surface area is 172 Å². The SMILES string of the molecule is CS(=O)(=O)NC1CCCN(CC(=O)N2CCC(C(=O)Nc3ccccc3)CC2)C1. The van der Waals surface area contributed by atoms with E-state index < -0.39 is 10.0 Å². The van der Waals surface area contributed by atoms with Crippen LogP contribution < -0.4 is 10.0 Å². The third-order valence-electron chi connectivity index (χ3n) is 5.50. The fourth-order valence-electron chi connectivity index (χ4n) is 4.05. The molecule has 9 heteroatoms. The van der Waals surface area contributed by atoms with Crippen LogP contribution in [-0.2, 0) is 19.6 Å². The summed E-state index contributed by atoms with van der Waals surface area (Å²) in [6.45, 7) is 2.79. The van der Waals surface area contributed by atoms with Gasteiger partial charge in [-0.2, -0.15) is 0 Å². The standard InChI is InChI=1S/C20H30N4O4S/c1-29(27,28)22-18-8-5-11-23(14-18)15-19(25)24-12-9-16(10-13-24)20(26)21-17-6-3-2-4-7-17/h2-4,6-7,16,18,22H,5,8-15H2,1H3,(H,21,26). The molecule has 8 nitrogen and oxygen atoms in total. The largest absolute Gasteiger partial charge is 0.342 e. The molecule has 3 rings (SSSR count). The average molecular weight is 423 g/mol. The number of rotatable bonds is 6. The quantitative estimate of drug-likeness (QED) is 0.709. The summed E-state index contributed by atoms with van der Waals surface area (Å²) in [5.74, 6) is -0.0291. The molecule has 0 spiro atoms. The minimum absolute atomic E-state index is 0.00835. The van der Waals surface area contributed by atoms with Crippen molar-refractivity contribution < 1.29 is 18.0 Å². The van der Waals surface area contributed by atoms with E-state index in [4.69, 9.17) is 0 Å². The lowest BCUT2D eigenvalue weighted by Crippen LogP contribution is -2.51. The number of nitrogens with one attached hydrogen (secondary N) is 2. The highest BCUT2D eigenvalue weighted by atomic mass is 32.2. The van der Waals surface area contributed by atoms with Gasteiger partial charge in [0.25, 0.3) is 0 Å². The summed E-state index contributed by atoms with van der Waals surface area (Å²) in [6.07, 6.45) is 4.13. The van der Waals surface area contributed by atoms with Gasteiger partial charge in [0.2, 0.25) is 21.8 Å². The first-order valence-corrected chi connectivity index (χ1v) is 12.0. The summed E-state index contributed by atoms with van der Waals surface area (Å²) >= 11 is 0. The molecule has 0 bridgehead atoms. The third-order valence-corrected chi connectivity index (χ3v) is 6.27. The van der Waals surface area contributed by atoms with Crippen LogP contribution in [0.1, 0.15) is 25.7 Å². The number of nitrogens with zero attached hydrogens (tertiary/aromatic N) is 2. The number of amides is 2. The molecular formula is C20H30N4O4S. The molecule has 2 fully saturated rings. The Morgan fingerprint density at radius 2 is 1.76 bits per heavy atom. The van der Waals surface area contributed by atoms with Gasteiger partial charge >= 0.3 is 0 Å². The van der Waals surface area contributed by atoms with Crippen molar-refractivity contribution in [2.75, 3.05) is 44.3 Å². The van der Waals surface area contributed by atoms with Gasteiger partial charge in [-0.1, -0.05) is 18.2 Å². The van der Waals surface area contributed by atoms with Crippen LogP contribution in [-0.4, -0.2) is 75.1 Å². The Balaban J connectivity index is 1.43. The molecule has 0 radical (unpaired) electrons. The Morgan fingerprint density at radius 1 is 1.07 bits per heavy atom. The Hall–Kier alpha value is -1.97. The second-order valence-electron chi connectivity index (χ2n) is 7.97. The summed E-state index contributed by atoms with van der Waals surface area (Å²) in [5.41, 5.74) is 0.790. The van der Waals surface area contributed by atoms with E-state index >= 15 is 0 Å². The van der Waals surface area contributed by atoms with E-state index in [1.54, 1.807) is 0 Å². The van der Waals surface area contributed by atoms with Gasteiger partial charge in [-0.25, -0.2) is 13.1 Å². The highest BCUT2D eigenvalue weighted by molar-refractivity contribution is 7.88. The lowest BCUT2D eigenvalue weighted by atomic mass is 9.95. The lowest BCUT2D eigenvalue weighted by molar-refractivity contribution is -0.135. The molecule has 2 amide bonds. The zero-order chi connectivity index (χ0) is 20.9. The summed E-state index contributed by atoms with van der Waals surface area (Å²) in [4.78, 5) is 28.9. The van der Waals surface area contributed by atoms with Crippen molar-refractivity contribution in [1.29, 1.82) is 0 Å². The fraction of sp³-hybridized carbons (Fsp3) is 0.600. The highest BCUT2D eigenvalue weighted by Crippen LogP contribution is 2.20. The monoisotopic (exact) mass is 422 g/mol. The number of carbonyl (C=O) groups excluding carboxylic acids is 2. The van der Waals surface area contributed by atoms with Crippen LogP contribution in [0.5, 0.6) is 0 Å². The summed E-state index contributed by atoms with van der Waals surface area (Å²) in [7, 11) is -3.24. The molecule has 1 aromatic carbocycles. The molecule has 160 valence electrons. The van der Waals surface area contributed by atoms with Gasteiger partial charge in [-0.3, -0.25) is 14.5 Å². The second kappa shape index (κ2) is 9.69. The molecule has 0 saturated carbocycles. The van der Waals surface area contributed by atoms with E-state index in [9.17, 15) is 18.0 Å². The maximum atomic E-state index is 12.7. The van der Waals surface area contributed by atoms with E-state index in [0.717, 1.165) is 31.3 Å². The van der Waals surface area contributed by atoms with E-state index in [1.165, 1.54) is 0 Å². The van der Waals surface area contributed by atoms with Crippen LogP contribution in [0, 0.1) is 5.92 Å². The Morgan fingerprint density at radius 3 is 2.41 bits per heavy atom. The first kappa shape index (κ1) is 21.7. The summed E-state index contributed by atoms with van der Waals surface area (Å²) in [6, 6.07) is 9.25. The van der Waals surface area contributed by atoms with Crippen molar-refractivity contribution >= 4 is 27.5 Å². The molecule has 2 heterocycles. The van der Waals surface area contributed by atoms with Gasteiger partial charge in [0.05, 0.1) is 12.8 Å².